The molecule has 0 saturated heterocycles. The van der Waals surface area contributed by atoms with Crippen LogP contribution in [0.15, 0.2) is 24.3 Å². The Bertz CT molecular complexity index is 864. The molecule has 3 atom stereocenters. The molecular weight excluding hydrogens is 414 g/mol. The SMILES string of the molecule is COC(=O)CNC(=O)C(c1cccc(C)c1)N(C(=O)CNC(=O)OC(C)(C)C)C1CC1C. The van der Waals surface area contributed by atoms with Gasteiger partial charge in [0.25, 0.3) is 0 Å². The summed E-state index contributed by atoms with van der Waals surface area (Å²) in [5.74, 6) is -1.29. The zero-order valence-corrected chi connectivity index (χ0v) is 19.6. The molecule has 1 saturated carbocycles. The van der Waals surface area contributed by atoms with Gasteiger partial charge in [0.15, 0.2) is 0 Å². The second-order valence-corrected chi connectivity index (χ2v) is 9.05. The molecule has 32 heavy (non-hydrogen) atoms. The van der Waals surface area contributed by atoms with Gasteiger partial charge in [0.1, 0.15) is 24.7 Å². The fraction of sp³-hybridized carbons (Fsp3) is 0.565. The second kappa shape index (κ2) is 10.5. The Labute approximate surface area is 188 Å². The fourth-order valence-electron chi connectivity index (χ4n) is 3.37. The van der Waals surface area contributed by atoms with Crippen LogP contribution in [0, 0.1) is 12.8 Å². The van der Waals surface area contributed by atoms with E-state index in [1.165, 1.54) is 12.0 Å². The smallest absolute Gasteiger partial charge is 0.408 e. The first-order chi connectivity index (χ1) is 14.9. The van der Waals surface area contributed by atoms with Gasteiger partial charge >= 0.3 is 12.1 Å². The van der Waals surface area contributed by atoms with Crippen molar-refractivity contribution in [2.45, 2.75) is 58.7 Å². The number of esters is 1. The summed E-state index contributed by atoms with van der Waals surface area (Å²) >= 11 is 0. The summed E-state index contributed by atoms with van der Waals surface area (Å²) in [7, 11) is 1.23. The number of hydrogen-bond donors (Lipinski definition) is 2. The highest BCUT2D eigenvalue weighted by Gasteiger charge is 2.46. The maximum atomic E-state index is 13.2. The van der Waals surface area contributed by atoms with Gasteiger partial charge in [0.2, 0.25) is 11.8 Å². The van der Waals surface area contributed by atoms with E-state index in [1.807, 2.05) is 32.0 Å². The molecule has 0 heterocycles. The monoisotopic (exact) mass is 447 g/mol. The van der Waals surface area contributed by atoms with Gasteiger partial charge in [-0.3, -0.25) is 14.4 Å². The Morgan fingerprint density at radius 3 is 2.34 bits per heavy atom. The zero-order chi connectivity index (χ0) is 24.1. The summed E-state index contributed by atoms with van der Waals surface area (Å²) in [5.41, 5.74) is 0.851. The molecule has 0 radical (unpaired) electrons. The van der Waals surface area contributed by atoms with Gasteiger partial charge in [-0.05, 0) is 45.6 Å². The van der Waals surface area contributed by atoms with Crippen LogP contribution in [-0.4, -0.2) is 60.6 Å². The maximum absolute atomic E-state index is 13.2. The molecule has 0 bridgehead atoms. The second-order valence-electron chi connectivity index (χ2n) is 9.05. The molecule has 3 unspecified atom stereocenters. The molecule has 0 aliphatic heterocycles. The average Bonchev–Trinajstić information content (AvgIpc) is 3.42. The van der Waals surface area contributed by atoms with Gasteiger partial charge in [0.05, 0.1) is 7.11 Å². The Morgan fingerprint density at radius 1 is 1.16 bits per heavy atom. The number of nitrogens with one attached hydrogen (secondary N) is 2. The number of alkyl carbamates (subject to hydrolysis) is 1. The fourth-order valence-corrected chi connectivity index (χ4v) is 3.37. The van der Waals surface area contributed by atoms with E-state index >= 15 is 0 Å². The van der Waals surface area contributed by atoms with Crippen molar-refractivity contribution in [2.24, 2.45) is 5.92 Å². The van der Waals surface area contributed by atoms with Crippen LogP contribution in [0.4, 0.5) is 4.79 Å². The summed E-state index contributed by atoms with van der Waals surface area (Å²) < 4.78 is 9.80. The third-order valence-electron chi connectivity index (χ3n) is 5.01. The number of aryl methyl sites for hydroxylation is 1. The van der Waals surface area contributed by atoms with Crippen LogP contribution in [0.5, 0.6) is 0 Å². The Kier molecular flexibility index (Phi) is 8.24. The van der Waals surface area contributed by atoms with Crippen molar-refractivity contribution in [3.8, 4) is 0 Å². The van der Waals surface area contributed by atoms with E-state index in [-0.39, 0.29) is 25.0 Å². The number of carbonyl (C=O) groups excluding carboxylic acids is 4. The van der Waals surface area contributed by atoms with Crippen molar-refractivity contribution in [1.82, 2.24) is 15.5 Å². The quantitative estimate of drug-likeness (QED) is 0.590. The first-order valence-electron chi connectivity index (χ1n) is 10.6. The molecule has 176 valence electrons. The summed E-state index contributed by atoms with van der Waals surface area (Å²) in [6.07, 6.45) is 0.0296. The minimum absolute atomic E-state index is 0.155. The van der Waals surface area contributed by atoms with Crippen LogP contribution in [0.1, 0.15) is 51.3 Å². The number of ether oxygens (including phenoxy) is 2. The minimum atomic E-state index is -0.956. The lowest BCUT2D eigenvalue weighted by Crippen LogP contribution is -2.49. The van der Waals surface area contributed by atoms with Crippen molar-refractivity contribution < 1.29 is 28.7 Å². The van der Waals surface area contributed by atoms with Crippen molar-refractivity contribution in [1.29, 1.82) is 0 Å². The van der Waals surface area contributed by atoms with E-state index < -0.39 is 35.5 Å². The lowest BCUT2D eigenvalue weighted by atomic mass is 10.0. The molecule has 2 rings (SSSR count). The van der Waals surface area contributed by atoms with Crippen molar-refractivity contribution in [3.63, 3.8) is 0 Å². The summed E-state index contributed by atoms with van der Waals surface area (Å²) in [6.45, 7) is 8.44. The van der Waals surface area contributed by atoms with Crippen LogP contribution < -0.4 is 10.6 Å². The van der Waals surface area contributed by atoms with Gasteiger partial charge in [-0.25, -0.2) is 4.79 Å². The van der Waals surface area contributed by atoms with Crippen LogP contribution in [-0.2, 0) is 23.9 Å². The molecule has 1 aromatic rings. The first kappa shape index (κ1) is 25.2. The maximum Gasteiger partial charge on any atom is 0.408 e. The van der Waals surface area contributed by atoms with E-state index in [4.69, 9.17) is 4.74 Å². The summed E-state index contributed by atoms with van der Waals surface area (Å²) in [6, 6.07) is 6.19. The van der Waals surface area contributed by atoms with E-state index in [9.17, 15) is 19.2 Å². The highest BCUT2D eigenvalue weighted by atomic mass is 16.6. The highest BCUT2D eigenvalue weighted by Crippen LogP contribution is 2.40. The highest BCUT2D eigenvalue weighted by molar-refractivity contribution is 5.92. The van der Waals surface area contributed by atoms with Crippen LogP contribution in [0.2, 0.25) is 0 Å². The van der Waals surface area contributed by atoms with Crippen molar-refractivity contribution >= 4 is 23.9 Å². The molecule has 0 aromatic heterocycles. The number of rotatable bonds is 8. The molecule has 9 nitrogen and oxygen atoms in total. The third kappa shape index (κ3) is 7.25. The molecule has 2 N–H and O–H groups in total. The standard InChI is InChI=1S/C23H33N3O6/c1-14-8-7-9-16(10-14)20(21(29)24-13-19(28)31-6)26(17-11-15(17)2)18(27)12-25-22(30)32-23(3,4)5/h7-10,15,17,20H,11-13H2,1-6H3,(H,24,29)(H,25,30). The summed E-state index contributed by atoms with van der Waals surface area (Å²) in [5, 5.41) is 5.04. The van der Waals surface area contributed by atoms with Crippen LogP contribution >= 0.6 is 0 Å². The van der Waals surface area contributed by atoms with E-state index in [0.29, 0.717) is 5.56 Å². The number of carbonyl (C=O) groups is 4. The Balaban J connectivity index is 2.28. The normalized spacial score (nSPS) is 18.2. The lowest BCUT2D eigenvalue weighted by molar-refractivity contribution is -0.144. The number of hydrogen-bond acceptors (Lipinski definition) is 6. The summed E-state index contributed by atoms with van der Waals surface area (Å²) in [4.78, 5) is 51.5. The molecule has 9 heteroatoms. The predicted octanol–water partition coefficient (Wildman–Crippen LogP) is 2.09. The Morgan fingerprint density at radius 2 is 1.81 bits per heavy atom. The largest absolute Gasteiger partial charge is 0.468 e. The Hall–Kier alpha value is -3.10. The van der Waals surface area contributed by atoms with Gasteiger partial charge in [-0.15, -0.1) is 0 Å². The molecule has 1 fully saturated rings. The molecule has 3 amide bonds. The zero-order valence-electron chi connectivity index (χ0n) is 19.6. The predicted molar refractivity (Wildman–Crippen MR) is 118 cm³/mol. The van der Waals surface area contributed by atoms with Gasteiger partial charge in [-0.2, -0.15) is 0 Å². The lowest BCUT2D eigenvalue weighted by Gasteiger charge is -2.32. The van der Waals surface area contributed by atoms with Gasteiger partial charge in [0, 0.05) is 6.04 Å². The van der Waals surface area contributed by atoms with Gasteiger partial charge in [-0.1, -0.05) is 36.8 Å². The number of nitrogens with zero attached hydrogens (tertiary/aromatic N) is 1. The van der Waals surface area contributed by atoms with E-state index in [1.54, 1.807) is 26.8 Å². The molecular formula is C23H33N3O6. The molecule has 1 aromatic carbocycles. The minimum Gasteiger partial charge on any atom is -0.468 e. The first-order valence-corrected chi connectivity index (χ1v) is 10.6. The van der Waals surface area contributed by atoms with Crippen molar-refractivity contribution in [3.05, 3.63) is 35.4 Å². The third-order valence-corrected chi connectivity index (χ3v) is 5.01. The van der Waals surface area contributed by atoms with E-state index in [2.05, 4.69) is 15.4 Å². The van der Waals surface area contributed by atoms with Crippen LogP contribution in [0.25, 0.3) is 0 Å². The van der Waals surface area contributed by atoms with Crippen LogP contribution in [0.3, 0.4) is 0 Å². The molecule has 1 aliphatic rings. The van der Waals surface area contributed by atoms with E-state index in [0.717, 1.165) is 12.0 Å². The molecule has 1 aliphatic carbocycles. The number of methoxy groups -OCH3 is 1. The van der Waals surface area contributed by atoms with Crippen molar-refractivity contribution in [2.75, 3.05) is 20.2 Å². The number of benzene rings is 1. The average molecular weight is 448 g/mol. The molecule has 0 spiro atoms. The number of amides is 3. The topological polar surface area (TPSA) is 114 Å². The van der Waals surface area contributed by atoms with Gasteiger partial charge < -0.3 is 25.0 Å².